The number of nitrogens with zero attached hydrogens (tertiary/aromatic N) is 2. The van der Waals surface area contributed by atoms with Gasteiger partial charge in [0, 0.05) is 44.1 Å². The molecule has 0 saturated carbocycles. The van der Waals surface area contributed by atoms with E-state index in [0.29, 0.717) is 13.1 Å². The summed E-state index contributed by atoms with van der Waals surface area (Å²) in [6.45, 7) is 3.79. The highest BCUT2D eigenvalue weighted by Crippen LogP contribution is 2.31. The standard InChI is InChI=1S/C14H19N3O2/c18-14(19)17-9-7-16(8-10-17)13-5-1-4-12-11(13)3-2-6-15-12/h1,4-5,15H,2-3,6-10H2,(H,18,19). The second-order valence-electron chi connectivity index (χ2n) is 5.09. The quantitative estimate of drug-likeness (QED) is 0.810. The van der Waals surface area contributed by atoms with E-state index < -0.39 is 6.09 Å². The maximum absolute atomic E-state index is 10.9. The summed E-state index contributed by atoms with van der Waals surface area (Å²) < 4.78 is 0. The first kappa shape index (κ1) is 12.1. The highest BCUT2D eigenvalue weighted by atomic mass is 16.4. The molecule has 0 bridgehead atoms. The minimum absolute atomic E-state index is 0.590. The Kier molecular flexibility index (Phi) is 3.19. The largest absolute Gasteiger partial charge is 0.465 e. The van der Waals surface area contributed by atoms with Gasteiger partial charge in [-0.05, 0) is 30.5 Å². The predicted molar refractivity (Wildman–Crippen MR) is 75.1 cm³/mol. The van der Waals surface area contributed by atoms with Crippen LogP contribution in [0.25, 0.3) is 0 Å². The lowest BCUT2D eigenvalue weighted by Gasteiger charge is -2.36. The molecule has 0 unspecified atom stereocenters. The Labute approximate surface area is 112 Å². The Balaban J connectivity index is 1.78. The van der Waals surface area contributed by atoms with Crippen molar-refractivity contribution in [3.63, 3.8) is 0 Å². The number of carbonyl (C=O) groups is 1. The number of anilines is 2. The number of piperazine rings is 1. The zero-order valence-corrected chi connectivity index (χ0v) is 10.9. The lowest BCUT2D eigenvalue weighted by molar-refractivity contribution is 0.142. The molecule has 2 aliphatic heterocycles. The van der Waals surface area contributed by atoms with Crippen LogP contribution in [0.3, 0.4) is 0 Å². The van der Waals surface area contributed by atoms with Crippen LogP contribution in [0.15, 0.2) is 18.2 Å². The molecule has 1 fully saturated rings. The van der Waals surface area contributed by atoms with Gasteiger partial charge in [-0.15, -0.1) is 0 Å². The molecule has 1 saturated heterocycles. The van der Waals surface area contributed by atoms with Crippen LogP contribution in [0.4, 0.5) is 16.2 Å². The van der Waals surface area contributed by atoms with Gasteiger partial charge in [0.05, 0.1) is 0 Å². The zero-order chi connectivity index (χ0) is 13.2. The molecular formula is C14H19N3O2. The number of benzene rings is 1. The highest BCUT2D eigenvalue weighted by molar-refractivity contribution is 5.69. The van der Waals surface area contributed by atoms with Gasteiger partial charge >= 0.3 is 6.09 Å². The molecule has 2 aliphatic rings. The third kappa shape index (κ3) is 2.32. The van der Waals surface area contributed by atoms with E-state index >= 15 is 0 Å². The van der Waals surface area contributed by atoms with Crippen molar-refractivity contribution in [1.29, 1.82) is 0 Å². The van der Waals surface area contributed by atoms with Gasteiger partial charge in [-0.3, -0.25) is 0 Å². The second kappa shape index (κ2) is 4.99. The van der Waals surface area contributed by atoms with Gasteiger partial charge in [-0.25, -0.2) is 4.79 Å². The smallest absolute Gasteiger partial charge is 0.407 e. The first-order chi connectivity index (χ1) is 9.25. The molecule has 102 valence electrons. The molecule has 1 amide bonds. The number of amides is 1. The van der Waals surface area contributed by atoms with E-state index in [-0.39, 0.29) is 0 Å². The van der Waals surface area contributed by atoms with Crippen LogP contribution in [0.1, 0.15) is 12.0 Å². The normalized spacial score (nSPS) is 18.7. The molecule has 0 radical (unpaired) electrons. The van der Waals surface area contributed by atoms with Gasteiger partial charge in [0.15, 0.2) is 0 Å². The molecule has 3 rings (SSSR count). The van der Waals surface area contributed by atoms with Crippen molar-refractivity contribution in [1.82, 2.24) is 4.90 Å². The average Bonchev–Trinajstić information content (AvgIpc) is 2.47. The predicted octanol–water partition coefficient (Wildman–Crippen LogP) is 1.84. The first-order valence-corrected chi connectivity index (χ1v) is 6.84. The molecule has 0 aromatic heterocycles. The van der Waals surface area contributed by atoms with Gasteiger partial charge in [-0.1, -0.05) is 6.07 Å². The minimum atomic E-state index is -0.809. The van der Waals surface area contributed by atoms with Crippen molar-refractivity contribution in [2.24, 2.45) is 0 Å². The fraction of sp³-hybridized carbons (Fsp3) is 0.500. The summed E-state index contributed by atoms with van der Waals surface area (Å²) in [4.78, 5) is 14.7. The highest BCUT2D eigenvalue weighted by Gasteiger charge is 2.23. The van der Waals surface area contributed by atoms with Crippen LogP contribution in [-0.4, -0.2) is 48.8 Å². The molecule has 5 nitrogen and oxygen atoms in total. The van der Waals surface area contributed by atoms with E-state index in [9.17, 15) is 4.79 Å². The molecule has 2 heterocycles. The SMILES string of the molecule is O=C(O)N1CCN(c2cccc3c2CCCN3)CC1. The zero-order valence-electron chi connectivity index (χ0n) is 10.9. The topological polar surface area (TPSA) is 55.8 Å². The molecule has 1 aromatic rings. The third-order valence-corrected chi connectivity index (χ3v) is 3.96. The van der Waals surface area contributed by atoms with Gasteiger partial charge in [-0.2, -0.15) is 0 Å². The number of nitrogens with one attached hydrogen (secondary N) is 1. The van der Waals surface area contributed by atoms with Gasteiger partial charge in [0.1, 0.15) is 0 Å². The molecular weight excluding hydrogens is 242 g/mol. The first-order valence-electron chi connectivity index (χ1n) is 6.84. The Morgan fingerprint density at radius 1 is 1.21 bits per heavy atom. The lowest BCUT2D eigenvalue weighted by Crippen LogP contribution is -2.48. The molecule has 0 aliphatic carbocycles. The minimum Gasteiger partial charge on any atom is -0.465 e. The van der Waals surface area contributed by atoms with Crippen LogP contribution >= 0.6 is 0 Å². The Bertz CT molecular complexity index is 482. The van der Waals surface area contributed by atoms with E-state index in [2.05, 4.69) is 28.4 Å². The summed E-state index contributed by atoms with van der Waals surface area (Å²) in [5, 5.41) is 12.4. The number of fused-ring (bicyclic) bond motifs is 1. The Morgan fingerprint density at radius 3 is 2.74 bits per heavy atom. The van der Waals surface area contributed by atoms with E-state index in [1.807, 2.05) is 0 Å². The van der Waals surface area contributed by atoms with Crippen LogP contribution in [0.5, 0.6) is 0 Å². The van der Waals surface area contributed by atoms with E-state index in [1.165, 1.54) is 28.3 Å². The summed E-state index contributed by atoms with van der Waals surface area (Å²) in [5.74, 6) is 0. The van der Waals surface area contributed by atoms with Crippen molar-refractivity contribution in [2.75, 3.05) is 42.9 Å². The van der Waals surface area contributed by atoms with Crippen molar-refractivity contribution in [2.45, 2.75) is 12.8 Å². The summed E-state index contributed by atoms with van der Waals surface area (Å²) in [6, 6.07) is 6.36. The second-order valence-corrected chi connectivity index (χ2v) is 5.09. The van der Waals surface area contributed by atoms with Crippen molar-refractivity contribution < 1.29 is 9.90 Å². The maximum Gasteiger partial charge on any atom is 0.407 e. The fourth-order valence-corrected chi connectivity index (χ4v) is 2.93. The van der Waals surface area contributed by atoms with Gasteiger partial charge in [0.25, 0.3) is 0 Å². The van der Waals surface area contributed by atoms with E-state index in [1.54, 1.807) is 0 Å². The molecule has 0 spiro atoms. The molecule has 1 aromatic carbocycles. The summed E-state index contributed by atoms with van der Waals surface area (Å²) in [5.41, 5.74) is 3.90. The summed E-state index contributed by atoms with van der Waals surface area (Å²) >= 11 is 0. The van der Waals surface area contributed by atoms with Crippen LogP contribution in [0.2, 0.25) is 0 Å². The van der Waals surface area contributed by atoms with Gasteiger partial charge < -0.3 is 20.2 Å². The summed E-state index contributed by atoms with van der Waals surface area (Å²) in [7, 11) is 0. The number of carboxylic acid groups (broad SMARTS) is 1. The van der Waals surface area contributed by atoms with E-state index in [0.717, 1.165) is 26.1 Å². The number of hydrogen-bond acceptors (Lipinski definition) is 3. The average molecular weight is 261 g/mol. The van der Waals surface area contributed by atoms with Crippen molar-refractivity contribution in [3.05, 3.63) is 23.8 Å². The Morgan fingerprint density at radius 2 is 2.00 bits per heavy atom. The number of hydrogen-bond donors (Lipinski definition) is 2. The monoisotopic (exact) mass is 261 g/mol. The molecule has 19 heavy (non-hydrogen) atoms. The maximum atomic E-state index is 10.9. The number of rotatable bonds is 1. The van der Waals surface area contributed by atoms with Crippen molar-refractivity contribution in [3.8, 4) is 0 Å². The fourth-order valence-electron chi connectivity index (χ4n) is 2.93. The molecule has 5 heteroatoms. The summed E-state index contributed by atoms with van der Waals surface area (Å²) in [6.07, 6.45) is 1.47. The Hall–Kier alpha value is -1.91. The van der Waals surface area contributed by atoms with Crippen LogP contribution in [-0.2, 0) is 6.42 Å². The van der Waals surface area contributed by atoms with Gasteiger partial charge in [0.2, 0.25) is 0 Å². The van der Waals surface area contributed by atoms with Crippen LogP contribution < -0.4 is 10.2 Å². The lowest BCUT2D eigenvalue weighted by atomic mass is 10.0. The third-order valence-electron chi connectivity index (χ3n) is 3.96. The van der Waals surface area contributed by atoms with Crippen molar-refractivity contribution >= 4 is 17.5 Å². The molecule has 2 N–H and O–H groups in total. The van der Waals surface area contributed by atoms with E-state index in [4.69, 9.17) is 5.11 Å². The van der Waals surface area contributed by atoms with Crippen LogP contribution in [0, 0.1) is 0 Å². The molecule has 0 atom stereocenters.